The maximum Gasteiger partial charge on any atom is 0.325 e. The molecule has 1 rings (SSSR count). The monoisotopic (exact) mass is 304 g/mol. The molecule has 102 valence electrons. The number of hydrogen-bond acceptors (Lipinski definition) is 3. The van der Waals surface area contributed by atoms with Gasteiger partial charge in [-0.2, -0.15) is 0 Å². The van der Waals surface area contributed by atoms with Crippen molar-refractivity contribution in [3.05, 3.63) is 28.2 Å². The lowest BCUT2D eigenvalue weighted by Crippen LogP contribution is -2.34. The number of carboxylic acid groups (broad SMARTS) is 1. The Morgan fingerprint density at radius 2 is 1.84 bits per heavy atom. The van der Waals surface area contributed by atoms with E-state index < -0.39 is 17.9 Å². The van der Waals surface area contributed by atoms with Gasteiger partial charge in [0.1, 0.15) is 0 Å². The molecule has 1 aromatic carbocycles. The molecule has 0 atom stereocenters. The van der Waals surface area contributed by atoms with Crippen LogP contribution in [0.4, 0.5) is 10.5 Å². The summed E-state index contributed by atoms with van der Waals surface area (Å²) in [6, 6.07) is 3.64. The number of imide groups is 1. The number of halogens is 2. The van der Waals surface area contributed by atoms with Crippen molar-refractivity contribution in [1.82, 2.24) is 5.32 Å². The summed E-state index contributed by atoms with van der Waals surface area (Å²) < 4.78 is 0. The predicted octanol–water partition coefficient (Wildman–Crippen LogP) is 2.51. The summed E-state index contributed by atoms with van der Waals surface area (Å²) >= 11 is 11.5. The second-order valence-corrected chi connectivity index (χ2v) is 4.36. The van der Waals surface area contributed by atoms with Crippen molar-refractivity contribution < 1.29 is 19.5 Å². The largest absolute Gasteiger partial charge is 0.481 e. The molecular formula is C11H10Cl2N2O4. The zero-order valence-corrected chi connectivity index (χ0v) is 11.1. The summed E-state index contributed by atoms with van der Waals surface area (Å²) in [6.45, 7) is 0. The average molecular weight is 305 g/mol. The van der Waals surface area contributed by atoms with Crippen LogP contribution < -0.4 is 10.6 Å². The van der Waals surface area contributed by atoms with E-state index in [0.717, 1.165) is 0 Å². The zero-order valence-electron chi connectivity index (χ0n) is 9.57. The van der Waals surface area contributed by atoms with Gasteiger partial charge in [-0.05, 0) is 18.2 Å². The molecule has 0 heterocycles. The van der Waals surface area contributed by atoms with E-state index in [2.05, 4.69) is 5.32 Å². The van der Waals surface area contributed by atoms with Crippen molar-refractivity contribution >= 4 is 46.8 Å². The Morgan fingerprint density at radius 1 is 1.16 bits per heavy atom. The number of carbonyl (C=O) groups excluding carboxylic acids is 2. The van der Waals surface area contributed by atoms with E-state index in [9.17, 15) is 14.4 Å². The highest BCUT2D eigenvalue weighted by Crippen LogP contribution is 2.25. The number of carbonyl (C=O) groups is 3. The second kappa shape index (κ2) is 6.96. The molecule has 0 saturated heterocycles. The van der Waals surface area contributed by atoms with Crippen LogP contribution in [-0.4, -0.2) is 23.0 Å². The van der Waals surface area contributed by atoms with Crippen LogP contribution in [0.25, 0.3) is 0 Å². The molecule has 19 heavy (non-hydrogen) atoms. The summed E-state index contributed by atoms with van der Waals surface area (Å²) in [7, 11) is 0. The molecule has 0 fully saturated rings. The fraction of sp³-hybridized carbons (Fsp3) is 0.182. The third-order valence-corrected chi connectivity index (χ3v) is 2.55. The van der Waals surface area contributed by atoms with Crippen LogP contribution in [0.1, 0.15) is 12.8 Å². The first-order chi connectivity index (χ1) is 8.88. The van der Waals surface area contributed by atoms with Crippen LogP contribution in [0.15, 0.2) is 18.2 Å². The van der Waals surface area contributed by atoms with Gasteiger partial charge in [0.05, 0.1) is 17.1 Å². The number of nitrogens with one attached hydrogen (secondary N) is 2. The number of hydrogen-bond donors (Lipinski definition) is 3. The van der Waals surface area contributed by atoms with Gasteiger partial charge >= 0.3 is 12.0 Å². The highest BCUT2D eigenvalue weighted by molar-refractivity contribution is 6.36. The van der Waals surface area contributed by atoms with Gasteiger partial charge in [0.15, 0.2) is 0 Å². The van der Waals surface area contributed by atoms with Gasteiger partial charge < -0.3 is 10.4 Å². The van der Waals surface area contributed by atoms with E-state index in [4.69, 9.17) is 28.3 Å². The minimum atomic E-state index is -1.11. The highest BCUT2D eigenvalue weighted by Gasteiger charge is 2.11. The standard InChI is InChI=1S/C11H10Cl2N2O4/c12-6-1-2-8(7(13)5-6)14-11(19)15-9(16)3-4-10(17)18/h1-2,5H,3-4H2,(H,17,18)(H2,14,15,16,19). The molecule has 6 nitrogen and oxygen atoms in total. The Bertz CT molecular complexity index is 519. The van der Waals surface area contributed by atoms with Gasteiger partial charge in [-0.15, -0.1) is 0 Å². The van der Waals surface area contributed by atoms with Crippen molar-refractivity contribution in [2.45, 2.75) is 12.8 Å². The van der Waals surface area contributed by atoms with Gasteiger partial charge in [0.25, 0.3) is 0 Å². The normalized spacial score (nSPS) is 9.79. The van der Waals surface area contributed by atoms with Gasteiger partial charge in [-0.1, -0.05) is 23.2 Å². The van der Waals surface area contributed by atoms with E-state index in [1.54, 1.807) is 0 Å². The Morgan fingerprint density at radius 3 is 2.42 bits per heavy atom. The van der Waals surface area contributed by atoms with Crippen LogP contribution >= 0.6 is 23.2 Å². The Balaban J connectivity index is 2.51. The summed E-state index contributed by atoms with van der Waals surface area (Å²) in [5, 5.41) is 13.3. The van der Waals surface area contributed by atoms with Crippen molar-refractivity contribution in [1.29, 1.82) is 0 Å². The number of amides is 3. The number of aliphatic carboxylic acids is 1. The highest BCUT2D eigenvalue weighted by atomic mass is 35.5. The average Bonchev–Trinajstić information content (AvgIpc) is 2.30. The van der Waals surface area contributed by atoms with Gasteiger partial charge in [0, 0.05) is 11.4 Å². The number of rotatable bonds is 4. The topological polar surface area (TPSA) is 95.5 Å². The molecule has 0 radical (unpaired) electrons. The Kier molecular flexibility index (Phi) is 5.59. The maximum absolute atomic E-state index is 11.4. The quantitative estimate of drug-likeness (QED) is 0.796. The first-order valence-electron chi connectivity index (χ1n) is 5.16. The molecular weight excluding hydrogens is 295 g/mol. The Labute approximate surface area is 118 Å². The van der Waals surface area contributed by atoms with Crippen molar-refractivity contribution in [2.24, 2.45) is 0 Å². The van der Waals surface area contributed by atoms with E-state index in [-0.39, 0.29) is 23.6 Å². The molecule has 0 aliphatic carbocycles. The van der Waals surface area contributed by atoms with Crippen LogP contribution in [-0.2, 0) is 9.59 Å². The van der Waals surface area contributed by atoms with Crippen molar-refractivity contribution in [3.8, 4) is 0 Å². The minimum absolute atomic E-state index is 0.223. The first-order valence-corrected chi connectivity index (χ1v) is 5.92. The van der Waals surface area contributed by atoms with Gasteiger partial charge in [0.2, 0.25) is 5.91 Å². The Hall–Kier alpha value is -1.79. The number of benzene rings is 1. The third-order valence-electron chi connectivity index (χ3n) is 2.00. The fourth-order valence-electron chi connectivity index (χ4n) is 1.15. The smallest absolute Gasteiger partial charge is 0.325 e. The molecule has 3 amide bonds. The molecule has 0 bridgehead atoms. The van der Waals surface area contributed by atoms with E-state index in [1.807, 2.05) is 5.32 Å². The summed E-state index contributed by atoms with van der Waals surface area (Å²) in [4.78, 5) is 32.9. The summed E-state index contributed by atoms with van der Waals surface area (Å²) in [5.41, 5.74) is 0.287. The molecule has 8 heteroatoms. The van der Waals surface area contributed by atoms with E-state index in [1.165, 1.54) is 18.2 Å². The van der Waals surface area contributed by atoms with E-state index >= 15 is 0 Å². The van der Waals surface area contributed by atoms with Crippen LogP contribution in [0.5, 0.6) is 0 Å². The van der Waals surface area contributed by atoms with Gasteiger partial charge in [-0.25, -0.2) is 4.79 Å². The molecule has 0 unspecified atom stereocenters. The molecule has 0 saturated carbocycles. The molecule has 0 aromatic heterocycles. The van der Waals surface area contributed by atoms with Crippen molar-refractivity contribution in [3.63, 3.8) is 0 Å². The summed E-state index contributed by atoms with van der Waals surface area (Å²) in [6.07, 6.45) is -0.627. The first kappa shape index (κ1) is 15.3. The lowest BCUT2D eigenvalue weighted by atomic mass is 10.3. The molecule has 0 aliphatic rings. The van der Waals surface area contributed by atoms with Crippen LogP contribution in [0, 0.1) is 0 Å². The van der Waals surface area contributed by atoms with Crippen molar-refractivity contribution in [2.75, 3.05) is 5.32 Å². The van der Waals surface area contributed by atoms with Crippen LogP contribution in [0.2, 0.25) is 10.0 Å². The van der Waals surface area contributed by atoms with E-state index in [0.29, 0.717) is 5.02 Å². The third kappa shape index (κ3) is 5.58. The molecule has 0 spiro atoms. The predicted molar refractivity (Wildman–Crippen MR) is 70.5 cm³/mol. The number of carboxylic acids is 1. The zero-order chi connectivity index (χ0) is 14.4. The lowest BCUT2D eigenvalue weighted by Gasteiger charge is -2.08. The molecule has 0 aliphatic heterocycles. The maximum atomic E-state index is 11.4. The number of urea groups is 1. The van der Waals surface area contributed by atoms with Gasteiger partial charge in [-0.3, -0.25) is 14.9 Å². The molecule has 3 N–H and O–H groups in total. The van der Waals surface area contributed by atoms with Crippen LogP contribution in [0.3, 0.4) is 0 Å². The lowest BCUT2D eigenvalue weighted by molar-refractivity contribution is -0.138. The number of anilines is 1. The summed E-state index contributed by atoms with van der Waals surface area (Å²) in [5.74, 6) is -1.80. The molecule has 1 aromatic rings. The minimum Gasteiger partial charge on any atom is -0.481 e. The SMILES string of the molecule is O=C(O)CCC(=O)NC(=O)Nc1ccc(Cl)cc1Cl. The fourth-order valence-corrected chi connectivity index (χ4v) is 1.61. The second-order valence-electron chi connectivity index (χ2n) is 3.52.